The molecule has 7 heteroatoms. The molecule has 0 bridgehead atoms. The molecule has 0 aliphatic carbocycles. The Balaban J connectivity index is 2.06. The molecule has 0 saturated heterocycles. The van der Waals surface area contributed by atoms with Crippen molar-refractivity contribution in [3.05, 3.63) is 22.7 Å². The summed E-state index contributed by atoms with van der Waals surface area (Å²) in [5.74, 6) is 0.732. The van der Waals surface area contributed by atoms with Crippen LogP contribution >= 0.6 is 15.9 Å². The zero-order valence-electron chi connectivity index (χ0n) is 11.4. The van der Waals surface area contributed by atoms with E-state index in [2.05, 4.69) is 31.5 Å². The molecule has 1 heterocycles. The number of hydrogen-bond donors (Lipinski definition) is 1. The number of halogens is 1. The van der Waals surface area contributed by atoms with Gasteiger partial charge in [0, 0.05) is 31.5 Å². The van der Waals surface area contributed by atoms with Crippen molar-refractivity contribution in [1.29, 1.82) is 0 Å². The van der Waals surface area contributed by atoms with Gasteiger partial charge in [-0.05, 0) is 57.8 Å². The third kappa shape index (κ3) is 3.55. The van der Waals surface area contributed by atoms with Gasteiger partial charge in [-0.2, -0.15) is 0 Å². The summed E-state index contributed by atoms with van der Waals surface area (Å²) in [6, 6.07) is 5.69. The second kappa shape index (κ2) is 7.35. The first-order valence-corrected chi connectivity index (χ1v) is 7.33. The van der Waals surface area contributed by atoms with E-state index in [1.807, 2.05) is 22.9 Å². The molecular weight excluding hydrogens is 322 g/mol. The lowest BCUT2D eigenvalue weighted by molar-refractivity contribution is 0.191. The van der Waals surface area contributed by atoms with Gasteiger partial charge >= 0.3 is 0 Å². The molecule has 0 radical (unpaired) electrons. The van der Waals surface area contributed by atoms with Crippen LogP contribution in [0.1, 0.15) is 19.3 Å². The molecule has 0 aliphatic rings. The molecule has 6 nitrogen and oxygen atoms in total. The molecule has 0 fully saturated rings. The molecule has 1 aromatic carbocycles. The molecule has 2 N–H and O–H groups in total. The van der Waals surface area contributed by atoms with Crippen molar-refractivity contribution in [1.82, 2.24) is 20.2 Å². The number of tetrazole rings is 1. The van der Waals surface area contributed by atoms with Crippen molar-refractivity contribution in [2.24, 2.45) is 0 Å². The van der Waals surface area contributed by atoms with Crippen molar-refractivity contribution in [3.63, 3.8) is 0 Å². The highest BCUT2D eigenvalue weighted by atomic mass is 79.9. The molecule has 0 unspecified atom stereocenters. The first-order chi connectivity index (χ1) is 9.74. The molecular formula is C13H18BrN5O. The van der Waals surface area contributed by atoms with Gasteiger partial charge in [0.05, 0.1) is 4.47 Å². The van der Waals surface area contributed by atoms with E-state index in [1.54, 1.807) is 7.11 Å². The topological polar surface area (TPSA) is 78.8 Å². The number of unbranched alkanes of at least 4 members (excludes halogenated alkanes) is 2. The Bertz CT molecular complexity index is 557. The van der Waals surface area contributed by atoms with Crippen LogP contribution in [0, 0.1) is 0 Å². The average Bonchev–Trinajstić information content (AvgIpc) is 2.90. The largest absolute Gasteiger partial charge is 0.398 e. The fourth-order valence-corrected chi connectivity index (χ4v) is 2.40. The van der Waals surface area contributed by atoms with Gasteiger partial charge in [-0.3, -0.25) is 0 Å². The van der Waals surface area contributed by atoms with Crippen LogP contribution in [0.15, 0.2) is 22.7 Å². The Hall–Kier alpha value is -1.47. The van der Waals surface area contributed by atoms with Crippen molar-refractivity contribution < 1.29 is 4.74 Å². The zero-order chi connectivity index (χ0) is 14.4. The fraction of sp³-hybridized carbons (Fsp3) is 0.462. The molecule has 0 spiro atoms. The molecule has 2 rings (SSSR count). The number of aryl methyl sites for hydroxylation is 1. The lowest BCUT2D eigenvalue weighted by Gasteiger charge is -2.07. The van der Waals surface area contributed by atoms with Crippen LogP contribution in [-0.2, 0) is 11.3 Å². The third-order valence-corrected chi connectivity index (χ3v) is 3.90. The summed E-state index contributed by atoms with van der Waals surface area (Å²) in [5, 5.41) is 11.9. The summed E-state index contributed by atoms with van der Waals surface area (Å²) in [6.07, 6.45) is 3.16. The van der Waals surface area contributed by atoms with Crippen LogP contribution in [0.5, 0.6) is 0 Å². The first-order valence-electron chi connectivity index (χ1n) is 6.53. The number of methoxy groups -OCH3 is 1. The summed E-state index contributed by atoms with van der Waals surface area (Å²) in [5.41, 5.74) is 7.48. The van der Waals surface area contributed by atoms with E-state index in [0.29, 0.717) is 5.69 Å². The average molecular weight is 340 g/mol. The zero-order valence-corrected chi connectivity index (χ0v) is 13.0. The van der Waals surface area contributed by atoms with Gasteiger partial charge in [0.25, 0.3) is 0 Å². The quantitative estimate of drug-likeness (QED) is 0.619. The van der Waals surface area contributed by atoms with E-state index >= 15 is 0 Å². The standard InChI is InChI=1S/C13H18BrN5O/c1-20-9-4-2-3-8-19-13(16-17-18-19)10-6-5-7-11(15)12(10)14/h5-7H,2-4,8-9,15H2,1H3. The Labute approximate surface area is 126 Å². The third-order valence-electron chi connectivity index (χ3n) is 3.02. The SMILES string of the molecule is COCCCCCn1nnnc1-c1cccc(N)c1Br. The predicted molar refractivity (Wildman–Crippen MR) is 81.1 cm³/mol. The van der Waals surface area contributed by atoms with Gasteiger partial charge in [-0.1, -0.05) is 6.07 Å². The fourth-order valence-electron chi connectivity index (χ4n) is 1.96. The first kappa shape index (κ1) is 14.9. The van der Waals surface area contributed by atoms with Gasteiger partial charge < -0.3 is 10.5 Å². The van der Waals surface area contributed by atoms with Crippen molar-refractivity contribution in [2.75, 3.05) is 19.5 Å². The lowest BCUT2D eigenvalue weighted by Crippen LogP contribution is -2.04. The van der Waals surface area contributed by atoms with E-state index in [0.717, 1.165) is 48.3 Å². The Morgan fingerprint density at radius 1 is 1.30 bits per heavy atom. The Kier molecular flexibility index (Phi) is 5.49. The van der Waals surface area contributed by atoms with E-state index in [9.17, 15) is 0 Å². The van der Waals surface area contributed by atoms with Crippen molar-refractivity contribution in [3.8, 4) is 11.4 Å². The maximum Gasteiger partial charge on any atom is 0.183 e. The smallest absolute Gasteiger partial charge is 0.183 e. The van der Waals surface area contributed by atoms with E-state index < -0.39 is 0 Å². The second-order valence-electron chi connectivity index (χ2n) is 4.49. The summed E-state index contributed by atoms with van der Waals surface area (Å²) in [4.78, 5) is 0. The number of nitrogen functional groups attached to an aromatic ring is 1. The number of ether oxygens (including phenoxy) is 1. The Morgan fingerprint density at radius 3 is 2.95 bits per heavy atom. The number of aromatic nitrogens is 4. The van der Waals surface area contributed by atoms with Crippen LogP contribution in [0.4, 0.5) is 5.69 Å². The van der Waals surface area contributed by atoms with Gasteiger partial charge in [0.15, 0.2) is 5.82 Å². The molecule has 1 aromatic heterocycles. The minimum absolute atomic E-state index is 0.678. The number of nitrogens with two attached hydrogens (primary N) is 1. The van der Waals surface area contributed by atoms with Crippen LogP contribution in [0.2, 0.25) is 0 Å². The van der Waals surface area contributed by atoms with Gasteiger partial charge in [-0.25, -0.2) is 4.68 Å². The molecule has 2 aromatic rings. The molecule has 0 atom stereocenters. The minimum Gasteiger partial charge on any atom is -0.398 e. The number of nitrogens with zero attached hydrogens (tertiary/aromatic N) is 4. The highest BCUT2D eigenvalue weighted by Crippen LogP contribution is 2.30. The Morgan fingerprint density at radius 2 is 2.15 bits per heavy atom. The summed E-state index contributed by atoms with van der Waals surface area (Å²) in [6.45, 7) is 1.58. The van der Waals surface area contributed by atoms with Gasteiger partial charge in [-0.15, -0.1) is 5.10 Å². The molecule has 108 valence electrons. The maximum absolute atomic E-state index is 5.89. The van der Waals surface area contributed by atoms with Crippen LogP contribution in [-0.4, -0.2) is 33.9 Å². The van der Waals surface area contributed by atoms with Crippen LogP contribution in [0.3, 0.4) is 0 Å². The second-order valence-corrected chi connectivity index (χ2v) is 5.28. The normalized spacial score (nSPS) is 10.9. The highest BCUT2D eigenvalue weighted by molar-refractivity contribution is 9.10. The summed E-state index contributed by atoms with van der Waals surface area (Å²) >= 11 is 3.49. The predicted octanol–water partition coefficient (Wildman–Crippen LogP) is 2.50. The highest BCUT2D eigenvalue weighted by Gasteiger charge is 2.13. The number of anilines is 1. The number of rotatable bonds is 7. The monoisotopic (exact) mass is 339 g/mol. The minimum atomic E-state index is 0.678. The van der Waals surface area contributed by atoms with Crippen LogP contribution < -0.4 is 5.73 Å². The maximum atomic E-state index is 5.89. The van der Waals surface area contributed by atoms with Gasteiger partial charge in [0.2, 0.25) is 0 Å². The molecule has 0 aliphatic heterocycles. The van der Waals surface area contributed by atoms with Crippen molar-refractivity contribution >= 4 is 21.6 Å². The molecule has 20 heavy (non-hydrogen) atoms. The van der Waals surface area contributed by atoms with E-state index in [-0.39, 0.29) is 0 Å². The number of hydrogen-bond acceptors (Lipinski definition) is 5. The van der Waals surface area contributed by atoms with Crippen molar-refractivity contribution in [2.45, 2.75) is 25.8 Å². The number of benzene rings is 1. The molecule has 0 amide bonds. The molecule has 0 saturated carbocycles. The summed E-state index contributed by atoms with van der Waals surface area (Å²) < 4.78 is 7.67. The van der Waals surface area contributed by atoms with Gasteiger partial charge in [0.1, 0.15) is 0 Å². The summed E-state index contributed by atoms with van der Waals surface area (Å²) in [7, 11) is 1.72. The van der Waals surface area contributed by atoms with Crippen LogP contribution in [0.25, 0.3) is 11.4 Å². The lowest BCUT2D eigenvalue weighted by atomic mass is 10.2. The van der Waals surface area contributed by atoms with E-state index in [4.69, 9.17) is 10.5 Å². The van der Waals surface area contributed by atoms with E-state index in [1.165, 1.54) is 0 Å².